The number of carbonyl (C=O) groups is 2. The molecular weight excluding hydrogens is 219 g/mol. The number of carboxylic acid groups (broad SMARTS) is 1. The monoisotopic (exact) mass is 227 g/mol. The van der Waals surface area contributed by atoms with Crippen molar-refractivity contribution in [2.24, 2.45) is 0 Å². The number of alkyl halides is 3. The van der Waals surface area contributed by atoms with Crippen molar-refractivity contribution in [3.8, 4) is 0 Å². The average Bonchev–Trinajstić information content (AvgIpc) is 1.95. The van der Waals surface area contributed by atoms with Crippen molar-refractivity contribution < 1.29 is 33.0 Å². The molecule has 1 amide bonds. The van der Waals surface area contributed by atoms with Gasteiger partial charge in [0.2, 0.25) is 0 Å². The highest BCUT2D eigenvalue weighted by Gasteiger charge is 2.52. The lowest BCUT2D eigenvalue weighted by Crippen LogP contribution is -2.66. The van der Waals surface area contributed by atoms with Gasteiger partial charge in [-0.2, -0.15) is 13.2 Å². The second-order valence-electron chi connectivity index (χ2n) is 3.45. The third kappa shape index (κ3) is 2.58. The first kappa shape index (κ1) is 11.8. The third-order valence-corrected chi connectivity index (χ3v) is 1.98. The van der Waals surface area contributed by atoms with Crippen LogP contribution in [0.4, 0.5) is 13.2 Å². The second kappa shape index (κ2) is 3.37. The molecule has 1 aliphatic heterocycles. The maximum atomic E-state index is 11.8. The fraction of sp³-hybridized carbons (Fsp3) is 0.714. The Bertz CT molecular complexity index is 295. The van der Waals surface area contributed by atoms with E-state index in [2.05, 4.69) is 0 Å². The maximum Gasteiger partial charge on any atom is 0.471 e. The summed E-state index contributed by atoms with van der Waals surface area (Å²) >= 11 is 0. The average molecular weight is 227 g/mol. The number of carbonyl (C=O) groups excluding carboxylic acids is 1. The van der Waals surface area contributed by atoms with Crippen LogP contribution < -0.4 is 0 Å². The molecule has 0 unspecified atom stereocenters. The van der Waals surface area contributed by atoms with E-state index in [1.807, 2.05) is 0 Å². The molecule has 0 radical (unpaired) electrons. The van der Waals surface area contributed by atoms with Crippen LogP contribution in [0, 0.1) is 0 Å². The molecule has 1 rings (SSSR count). The molecule has 0 aromatic rings. The van der Waals surface area contributed by atoms with Gasteiger partial charge in [0.25, 0.3) is 0 Å². The largest absolute Gasteiger partial charge is 0.481 e. The van der Waals surface area contributed by atoms with Gasteiger partial charge in [-0.1, -0.05) is 0 Å². The topological polar surface area (TPSA) is 77.8 Å². The fourth-order valence-corrected chi connectivity index (χ4v) is 1.38. The maximum absolute atomic E-state index is 11.8. The zero-order valence-electron chi connectivity index (χ0n) is 7.41. The lowest BCUT2D eigenvalue weighted by atomic mass is 9.90. The van der Waals surface area contributed by atoms with Gasteiger partial charge in [0.1, 0.15) is 5.60 Å². The molecule has 0 atom stereocenters. The Morgan fingerprint density at radius 2 is 1.80 bits per heavy atom. The Morgan fingerprint density at radius 3 is 2.13 bits per heavy atom. The van der Waals surface area contributed by atoms with Gasteiger partial charge in [0.15, 0.2) is 0 Å². The summed E-state index contributed by atoms with van der Waals surface area (Å²) in [6.45, 7) is -1.20. The lowest BCUT2D eigenvalue weighted by molar-refractivity contribution is -0.204. The Hall–Kier alpha value is -1.31. The molecule has 0 aliphatic carbocycles. The second-order valence-corrected chi connectivity index (χ2v) is 3.45. The molecule has 0 bridgehead atoms. The molecule has 0 spiro atoms. The Kier molecular flexibility index (Phi) is 2.64. The summed E-state index contributed by atoms with van der Waals surface area (Å²) < 4.78 is 35.5. The van der Waals surface area contributed by atoms with Crippen LogP contribution in [0.1, 0.15) is 6.42 Å². The van der Waals surface area contributed by atoms with Crippen LogP contribution in [0.3, 0.4) is 0 Å². The molecule has 5 nitrogen and oxygen atoms in total. The molecule has 1 saturated heterocycles. The number of hydrogen-bond donors (Lipinski definition) is 2. The van der Waals surface area contributed by atoms with Crippen molar-refractivity contribution in [1.29, 1.82) is 0 Å². The zero-order chi connectivity index (χ0) is 11.9. The molecule has 1 aliphatic rings. The highest BCUT2D eigenvalue weighted by molar-refractivity contribution is 5.83. The van der Waals surface area contributed by atoms with E-state index in [0.29, 0.717) is 4.90 Å². The van der Waals surface area contributed by atoms with Crippen molar-refractivity contribution in [2.75, 3.05) is 13.1 Å². The molecule has 0 saturated carbocycles. The summed E-state index contributed by atoms with van der Waals surface area (Å²) in [5.41, 5.74) is -1.73. The molecule has 2 N–H and O–H groups in total. The molecule has 0 aromatic heterocycles. The number of halogens is 3. The molecule has 1 heterocycles. The number of likely N-dealkylation sites (tertiary alicyclic amines) is 1. The van der Waals surface area contributed by atoms with Crippen molar-refractivity contribution in [3.63, 3.8) is 0 Å². The number of rotatable bonds is 2. The molecule has 86 valence electrons. The van der Waals surface area contributed by atoms with E-state index in [4.69, 9.17) is 5.11 Å². The van der Waals surface area contributed by atoms with E-state index in [1.54, 1.807) is 0 Å². The third-order valence-electron chi connectivity index (χ3n) is 1.98. The van der Waals surface area contributed by atoms with E-state index in [9.17, 15) is 27.9 Å². The van der Waals surface area contributed by atoms with Gasteiger partial charge in [-0.3, -0.25) is 9.59 Å². The van der Waals surface area contributed by atoms with E-state index in [0.717, 1.165) is 0 Å². The van der Waals surface area contributed by atoms with Crippen LogP contribution in [-0.4, -0.2) is 51.9 Å². The first-order valence-electron chi connectivity index (χ1n) is 3.94. The van der Waals surface area contributed by atoms with E-state index < -0.39 is 43.2 Å². The summed E-state index contributed by atoms with van der Waals surface area (Å²) in [5.74, 6) is -3.38. The summed E-state index contributed by atoms with van der Waals surface area (Å²) in [4.78, 5) is 21.1. The SMILES string of the molecule is O=C(O)CC1(O)CN(C(=O)C(F)(F)F)C1. The van der Waals surface area contributed by atoms with Gasteiger partial charge >= 0.3 is 18.1 Å². The summed E-state index contributed by atoms with van der Waals surface area (Å²) in [7, 11) is 0. The number of aliphatic carboxylic acids is 1. The number of carboxylic acids is 1. The predicted molar refractivity (Wildman–Crippen MR) is 39.8 cm³/mol. The van der Waals surface area contributed by atoms with Crippen molar-refractivity contribution in [1.82, 2.24) is 4.90 Å². The van der Waals surface area contributed by atoms with Crippen LogP contribution in [0.25, 0.3) is 0 Å². The Balaban J connectivity index is 2.50. The van der Waals surface area contributed by atoms with E-state index >= 15 is 0 Å². The lowest BCUT2D eigenvalue weighted by Gasteiger charge is -2.45. The van der Waals surface area contributed by atoms with Crippen molar-refractivity contribution >= 4 is 11.9 Å². The van der Waals surface area contributed by atoms with Crippen LogP contribution in [0.15, 0.2) is 0 Å². The highest BCUT2D eigenvalue weighted by atomic mass is 19.4. The summed E-state index contributed by atoms with van der Waals surface area (Å²) in [5, 5.41) is 17.6. The van der Waals surface area contributed by atoms with Crippen molar-refractivity contribution in [2.45, 2.75) is 18.2 Å². The first-order valence-corrected chi connectivity index (χ1v) is 3.94. The minimum atomic E-state index is -4.98. The predicted octanol–water partition coefficient (Wildman–Crippen LogP) is -0.403. The number of amides is 1. The van der Waals surface area contributed by atoms with Crippen molar-refractivity contribution in [3.05, 3.63) is 0 Å². The highest BCUT2D eigenvalue weighted by Crippen LogP contribution is 2.29. The molecular formula is C7H8F3NO4. The zero-order valence-corrected chi connectivity index (χ0v) is 7.41. The fourth-order valence-electron chi connectivity index (χ4n) is 1.38. The smallest absolute Gasteiger partial charge is 0.471 e. The number of aliphatic hydroxyl groups is 1. The number of nitrogens with zero attached hydrogens (tertiary/aromatic N) is 1. The standard InChI is InChI=1S/C7H8F3NO4/c8-7(9,10)5(14)11-2-6(15,3-11)1-4(12)13/h15H,1-3H2,(H,12,13). The van der Waals surface area contributed by atoms with Gasteiger partial charge in [-0.05, 0) is 0 Å². The van der Waals surface area contributed by atoms with Crippen LogP contribution in [0.2, 0.25) is 0 Å². The number of β-amino-alcohol motifs (C(OH)–C–C–N with tert-alkyl or cyclic N) is 1. The molecule has 15 heavy (non-hydrogen) atoms. The minimum absolute atomic E-state index is 0.364. The first-order chi connectivity index (χ1) is 6.64. The van der Waals surface area contributed by atoms with Crippen LogP contribution in [-0.2, 0) is 9.59 Å². The molecule has 0 aromatic carbocycles. The van der Waals surface area contributed by atoms with Gasteiger partial charge in [0.05, 0.1) is 19.5 Å². The summed E-state index contributed by atoms with van der Waals surface area (Å²) in [6, 6.07) is 0. The normalized spacial score (nSPS) is 19.6. The van der Waals surface area contributed by atoms with Crippen LogP contribution >= 0.6 is 0 Å². The van der Waals surface area contributed by atoms with Gasteiger partial charge in [0, 0.05) is 0 Å². The van der Waals surface area contributed by atoms with E-state index in [1.165, 1.54) is 0 Å². The molecule has 8 heteroatoms. The minimum Gasteiger partial charge on any atom is -0.481 e. The quantitative estimate of drug-likeness (QED) is 0.672. The van der Waals surface area contributed by atoms with Gasteiger partial charge in [-0.15, -0.1) is 0 Å². The van der Waals surface area contributed by atoms with E-state index in [-0.39, 0.29) is 0 Å². The van der Waals surface area contributed by atoms with Crippen LogP contribution in [0.5, 0.6) is 0 Å². The molecule has 1 fully saturated rings. The van der Waals surface area contributed by atoms with Gasteiger partial charge in [-0.25, -0.2) is 0 Å². The number of hydrogen-bond acceptors (Lipinski definition) is 3. The Labute approximate surface area is 82.1 Å². The Morgan fingerprint density at radius 1 is 1.33 bits per heavy atom. The van der Waals surface area contributed by atoms with Gasteiger partial charge < -0.3 is 15.1 Å². The summed E-state index contributed by atoms with van der Waals surface area (Å²) in [6.07, 6.45) is -5.65.